The highest BCUT2D eigenvalue weighted by atomic mass is 32.2. The minimum Gasteiger partial charge on any atom is -0.468 e. The molecule has 0 bridgehead atoms. The van der Waals surface area contributed by atoms with E-state index in [-0.39, 0.29) is 12.4 Å². The normalized spacial score (nSPS) is 8.93. The number of carbonyl (C=O) groups is 1. The summed E-state index contributed by atoms with van der Waals surface area (Å²) in [7, 11) is 1.36. The number of hydrogen-bond acceptors (Lipinski definition) is 3. The summed E-state index contributed by atoms with van der Waals surface area (Å²) in [4.78, 5) is 11.9. The van der Waals surface area contributed by atoms with Crippen molar-refractivity contribution in [3.05, 3.63) is 29.8 Å². The van der Waals surface area contributed by atoms with E-state index in [4.69, 9.17) is 0 Å². The third-order valence-electron chi connectivity index (χ3n) is 1.79. The van der Waals surface area contributed by atoms with E-state index in [2.05, 4.69) is 16.6 Å². The van der Waals surface area contributed by atoms with Crippen LogP contribution in [0.5, 0.6) is 0 Å². The molecule has 0 N–H and O–H groups in total. The maximum absolute atomic E-state index is 10.8. The summed E-state index contributed by atoms with van der Waals surface area (Å²) in [6.07, 6.45) is 2.14. The number of rotatable bonds is 2. The van der Waals surface area contributed by atoms with Gasteiger partial charge in [-0.2, -0.15) is 0 Å². The number of methoxy groups -OCH3 is 1. The molecule has 1 rings (SSSR count). The van der Waals surface area contributed by atoms with Crippen molar-refractivity contribution >= 4 is 17.7 Å². The van der Waals surface area contributed by atoms with Crippen molar-refractivity contribution in [3.8, 4) is 11.8 Å². The number of benzene rings is 1. The third kappa shape index (κ3) is 3.69. The van der Waals surface area contributed by atoms with E-state index < -0.39 is 0 Å². The maximum Gasteiger partial charge on any atom is 0.317 e. The molecule has 0 radical (unpaired) electrons. The van der Waals surface area contributed by atoms with Crippen molar-refractivity contribution < 1.29 is 9.53 Å². The zero-order valence-corrected chi connectivity index (χ0v) is 9.56. The molecule has 1 aromatic carbocycles. The molecule has 0 atom stereocenters. The Bertz CT molecular complexity index is 402. The predicted molar refractivity (Wildman–Crippen MR) is 61.7 cm³/mol. The number of esters is 1. The van der Waals surface area contributed by atoms with Crippen LogP contribution in [-0.2, 0) is 9.53 Å². The van der Waals surface area contributed by atoms with Crippen molar-refractivity contribution in [1.29, 1.82) is 0 Å². The molecule has 0 spiro atoms. The van der Waals surface area contributed by atoms with Crippen molar-refractivity contribution in [2.45, 2.75) is 11.3 Å². The van der Waals surface area contributed by atoms with Gasteiger partial charge in [-0.25, -0.2) is 0 Å². The Morgan fingerprint density at radius 3 is 2.87 bits per heavy atom. The van der Waals surface area contributed by atoms with Gasteiger partial charge >= 0.3 is 5.97 Å². The number of carbonyl (C=O) groups excluding carboxylic acids is 1. The monoisotopic (exact) mass is 220 g/mol. The molecule has 0 saturated carbocycles. The van der Waals surface area contributed by atoms with Gasteiger partial charge in [-0.3, -0.25) is 4.79 Å². The van der Waals surface area contributed by atoms with Crippen molar-refractivity contribution in [2.24, 2.45) is 0 Å². The Morgan fingerprint density at radius 1 is 1.47 bits per heavy atom. The molecule has 0 aliphatic heterocycles. The lowest BCUT2D eigenvalue weighted by atomic mass is 10.2. The Balaban J connectivity index is 2.75. The molecule has 15 heavy (non-hydrogen) atoms. The molecule has 0 unspecified atom stereocenters. The molecule has 0 fully saturated rings. The van der Waals surface area contributed by atoms with Crippen LogP contribution in [0.4, 0.5) is 0 Å². The first-order chi connectivity index (χ1) is 7.27. The average molecular weight is 220 g/mol. The van der Waals surface area contributed by atoms with Crippen LogP contribution < -0.4 is 0 Å². The van der Waals surface area contributed by atoms with Gasteiger partial charge in [0.15, 0.2) is 0 Å². The molecule has 0 saturated heterocycles. The largest absolute Gasteiger partial charge is 0.468 e. The Morgan fingerprint density at radius 2 is 2.20 bits per heavy atom. The molecular weight excluding hydrogens is 208 g/mol. The van der Waals surface area contributed by atoms with Gasteiger partial charge in [0, 0.05) is 10.5 Å². The zero-order chi connectivity index (χ0) is 11.1. The Kier molecular flexibility index (Phi) is 4.79. The summed E-state index contributed by atoms with van der Waals surface area (Å²) in [5.74, 6) is 5.45. The van der Waals surface area contributed by atoms with Gasteiger partial charge in [0.2, 0.25) is 0 Å². The Hall–Kier alpha value is -1.40. The third-order valence-corrected chi connectivity index (χ3v) is 2.59. The van der Waals surface area contributed by atoms with E-state index in [1.807, 2.05) is 30.5 Å². The van der Waals surface area contributed by atoms with E-state index >= 15 is 0 Å². The molecule has 78 valence electrons. The first kappa shape index (κ1) is 11.7. The molecule has 0 amide bonds. The second-order valence-electron chi connectivity index (χ2n) is 2.75. The fourth-order valence-electron chi connectivity index (χ4n) is 1.03. The first-order valence-electron chi connectivity index (χ1n) is 4.46. The van der Waals surface area contributed by atoms with Crippen LogP contribution in [0.3, 0.4) is 0 Å². The quantitative estimate of drug-likeness (QED) is 0.434. The molecule has 2 nitrogen and oxygen atoms in total. The molecule has 0 aromatic heterocycles. The predicted octanol–water partition coefficient (Wildman–Crippen LogP) is 2.32. The van der Waals surface area contributed by atoms with Crippen molar-refractivity contribution in [3.63, 3.8) is 0 Å². The molecule has 0 aliphatic rings. The molecule has 3 heteroatoms. The maximum atomic E-state index is 10.8. The summed E-state index contributed by atoms with van der Waals surface area (Å²) in [6.45, 7) is 0. The van der Waals surface area contributed by atoms with Crippen LogP contribution in [0.15, 0.2) is 29.2 Å². The van der Waals surface area contributed by atoms with Crippen LogP contribution >= 0.6 is 11.8 Å². The number of hydrogen-bond donors (Lipinski definition) is 0. The van der Waals surface area contributed by atoms with Gasteiger partial charge < -0.3 is 4.74 Å². The summed E-state index contributed by atoms with van der Waals surface area (Å²) >= 11 is 1.64. The van der Waals surface area contributed by atoms with Gasteiger partial charge in [-0.15, -0.1) is 11.8 Å². The lowest BCUT2D eigenvalue weighted by Gasteiger charge is -1.98. The lowest BCUT2D eigenvalue weighted by molar-refractivity contribution is -0.139. The minimum atomic E-state index is -0.302. The summed E-state index contributed by atoms with van der Waals surface area (Å²) in [5, 5.41) is 0. The van der Waals surface area contributed by atoms with Crippen molar-refractivity contribution in [1.82, 2.24) is 0 Å². The van der Waals surface area contributed by atoms with Crippen LogP contribution in [-0.4, -0.2) is 19.3 Å². The van der Waals surface area contributed by atoms with Gasteiger partial charge in [-0.05, 0) is 18.4 Å². The van der Waals surface area contributed by atoms with E-state index in [1.165, 1.54) is 7.11 Å². The van der Waals surface area contributed by atoms with Crippen LogP contribution in [0.1, 0.15) is 12.0 Å². The van der Waals surface area contributed by atoms with E-state index in [9.17, 15) is 4.79 Å². The van der Waals surface area contributed by atoms with Crippen LogP contribution in [0.2, 0.25) is 0 Å². The standard InChI is InChI=1S/C12H12O2S/c1-14-12(13)9-5-7-10-6-3-4-8-11(10)15-2/h3-4,6,8H,9H2,1-2H3. The first-order valence-corrected chi connectivity index (χ1v) is 5.69. The second-order valence-corrected chi connectivity index (χ2v) is 3.60. The SMILES string of the molecule is COC(=O)CC#Cc1ccccc1SC. The van der Waals surface area contributed by atoms with Gasteiger partial charge in [0.25, 0.3) is 0 Å². The second kappa shape index (κ2) is 6.15. The summed E-state index contributed by atoms with van der Waals surface area (Å²) in [6, 6.07) is 7.85. The van der Waals surface area contributed by atoms with Crippen molar-refractivity contribution in [2.75, 3.05) is 13.4 Å². The highest BCUT2D eigenvalue weighted by Gasteiger charge is 1.97. The van der Waals surface area contributed by atoms with Crippen LogP contribution in [0.25, 0.3) is 0 Å². The molecular formula is C12H12O2S. The Labute approximate surface area is 94.0 Å². The zero-order valence-electron chi connectivity index (χ0n) is 8.74. The minimum absolute atomic E-state index is 0.138. The summed E-state index contributed by atoms with van der Waals surface area (Å²) < 4.78 is 4.50. The van der Waals surface area contributed by atoms with E-state index in [0.717, 1.165) is 10.5 Å². The highest BCUT2D eigenvalue weighted by Crippen LogP contribution is 2.18. The number of ether oxygens (including phenoxy) is 1. The topological polar surface area (TPSA) is 26.3 Å². The smallest absolute Gasteiger partial charge is 0.317 e. The average Bonchev–Trinajstić information content (AvgIpc) is 2.29. The fraction of sp³-hybridized carbons (Fsp3) is 0.250. The molecule has 0 heterocycles. The van der Waals surface area contributed by atoms with Gasteiger partial charge in [0.1, 0.15) is 6.42 Å². The number of thioether (sulfide) groups is 1. The van der Waals surface area contributed by atoms with Gasteiger partial charge in [0.05, 0.1) is 7.11 Å². The van der Waals surface area contributed by atoms with Crippen LogP contribution in [0, 0.1) is 11.8 Å². The fourth-order valence-corrected chi connectivity index (χ4v) is 1.59. The lowest BCUT2D eigenvalue weighted by Crippen LogP contribution is -1.97. The molecule has 0 aliphatic carbocycles. The van der Waals surface area contributed by atoms with E-state index in [1.54, 1.807) is 11.8 Å². The van der Waals surface area contributed by atoms with E-state index in [0.29, 0.717) is 0 Å². The molecule has 1 aromatic rings. The van der Waals surface area contributed by atoms with Gasteiger partial charge in [-0.1, -0.05) is 24.0 Å². The summed E-state index contributed by atoms with van der Waals surface area (Å²) in [5.41, 5.74) is 0.953. The highest BCUT2D eigenvalue weighted by molar-refractivity contribution is 7.98.